The monoisotopic (exact) mass is 347 g/mol. The fourth-order valence-electron chi connectivity index (χ4n) is 2.02. The summed E-state index contributed by atoms with van der Waals surface area (Å²) < 4.78 is 6.99. The van der Waals surface area contributed by atoms with E-state index in [0.29, 0.717) is 0 Å². The molecule has 1 unspecified atom stereocenters. The quantitative estimate of drug-likeness (QED) is 0.739. The number of hydrogen-bond donors (Lipinski definition) is 1. The normalized spacial score (nSPS) is 12.0. The van der Waals surface area contributed by atoms with Gasteiger partial charge in [-0.2, -0.15) is 0 Å². The van der Waals surface area contributed by atoms with E-state index in [1.165, 1.54) is 11.1 Å². The molecule has 2 aromatic rings. The van der Waals surface area contributed by atoms with Gasteiger partial charge in [0.15, 0.2) is 0 Å². The van der Waals surface area contributed by atoms with Crippen molar-refractivity contribution in [2.75, 3.05) is 5.32 Å². The van der Waals surface area contributed by atoms with Crippen LogP contribution in [0, 0.1) is 6.92 Å². The van der Waals surface area contributed by atoms with Gasteiger partial charge >= 0.3 is 0 Å². The summed E-state index contributed by atoms with van der Waals surface area (Å²) >= 11 is 3.53. The molecule has 2 aromatic carbocycles. The largest absolute Gasteiger partial charge is 0.491 e. The van der Waals surface area contributed by atoms with E-state index in [4.69, 9.17) is 4.74 Å². The highest BCUT2D eigenvalue weighted by Gasteiger charge is 2.02. The number of ether oxygens (including phenoxy) is 1. The first kappa shape index (κ1) is 15.9. The van der Waals surface area contributed by atoms with Crippen molar-refractivity contribution < 1.29 is 4.74 Å². The summed E-state index contributed by atoms with van der Waals surface area (Å²) in [6.45, 7) is 7.13. The van der Waals surface area contributed by atoms with Crippen LogP contribution in [-0.2, 0) is 6.54 Å². The maximum Gasteiger partial charge on any atom is 0.121 e. The standard InChI is InChI=1S/C18H22BrNO/c1-4-14(3)21-17-7-5-6-16(11-17)20-12-15-8-9-18(19)13(2)10-15/h5-11,14,20H,4,12H2,1-3H3. The second-order valence-electron chi connectivity index (χ2n) is 5.30. The highest BCUT2D eigenvalue weighted by molar-refractivity contribution is 9.10. The Balaban J connectivity index is 1.99. The molecular formula is C18H22BrNO. The molecule has 3 heteroatoms. The van der Waals surface area contributed by atoms with Crippen LogP contribution in [0.2, 0.25) is 0 Å². The molecule has 0 aliphatic carbocycles. The van der Waals surface area contributed by atoms with E-state index < -0.39 is 0 Å². The van der Waals surface area contributed by atoms with Gasteiger partial charge in [0.05, 0.1) is 6.10 Å². The molecule has 0 saturated heterocycles. The molecule has 2 rings (SSSR count). The van der Waals surface area contributed by atoms with E-state index in [2.05, 4.69) is 72.3 Å². The molecule has 0 aliphatic rings. The number of benzene rings is 2. The van der Waals surface area contributed by atoms with Gasteiger partial charge in [0, 0.05) is 22.8 Å². The maximum absolute atomic E-state index is 5.84. The molecule has 21 heavy (non-hydrogen) atoms. The zero-order valence-electron chi connectivity index (χ0n) is 12.8. The van der Waals surface area contributed by atoms with Gasteiger partial charge in [-0.05, 0) is 49.6 Å². The van der Waals surface area contributed by atoms with Gasteiger partial charge < -0.3 is 10.1 Å². The van der Waals surface area contributed by atoms with E-state index in [1.807, 2.05) is 12.1 Å². The fourth-order valence-corrected chi connectivity index (χ4v) is 2.26. The highest BCUT2D eigenvalue weighted by atomic mass is 79.9. The van der Waals surface area contributed by atoms with Crippen molar-refractivity contribution in [1.29, 1.82) is 0 Å². The van der Waals surface area contributed by atoms with Crippen molar-refractivity contribution in [3.8, 4) is 5.75 Å². The molecule has 0 heterocycles. The Bertz CT molecular complexity index is 598. The van der Waals surface area contributed by atoms with Crippen LogP contribution >= 0.6 is 15.9 Å². The topological polar surface area (TPSA) is 21.3 Å². The Morgan fingerprint density at radius 3 is 2.71 bits per heavy atom. The average Bonchev–Trinajstić information content (AvgIpc) is 2.49. The van der Waals surface area contributed by atoms with Gasteiger partial charge in [-0.3, -0.25) is 0 Å². The second-order valence-corrected chi connectivity index (χ2v) is 6.16. The average molecular weight is 348 g/mol. The summed E-state index contributed by atoms with van der Waals surface area (Å²) in [4.78, 5) is 0. The molecular weight excluding hydrogens is 326 g/mol. The molecule has 0 bridgehead atoms. The van der Waals surface area contributed by atoms with Crippen LogP contribution in [0.15, 0.2) is 46.9 Å². The van der Waals surface area contributed by atoms with Crippen molar-refractivity contribution in [2.24, 2.45) is 0 Å². The first-order valence-electron chi connectivity index (χ1n) is 7.34. The summed E-state index contributed by atoms with van der Waals surface area (Å²) in [6.07, 6.45) is 1.25. The third-order valence-corrected chi connectivity index (χ3v) is 4.35. The maximum atomic E-state index is 5.84. The minimum absolute atomic E-state index is 0.245. The molecule has 1 atom stereocenters. The molecule has 0 fully saturated rings. The molecule has 0 aliphatic heterocycles. The zero-order valence-corrected chi connectivity index (χ0v) is 14.4. The number of rotatable bonds is 6. The Labute approximate surface area is 135 Å². The SMILES string of the molecule is CCC(C)Oc1cccc(NCc2ccc(Br)c(C)c2)c1. The fraction of sp³-hybridized carbons (Fsp3) is 0.333. The zero-order chi connectivity index (χ0) is 15.2. The van der Waals surface area contributed by atoms with Gasteiger partial charge in [0.25, 0.3) is 0 Å². The Hall–Kier alpha value is -1.48. The first-order valence-corrected chi connectivity index (χ1v) is 8.13. The molecule has 0 aromatic heterocycles. The van der Waals surface area contributed by atoms with Crippen molar-refractivity contribution in [1.82, 2.24) is 0 Å². The minimum Gasteiger partial charge on any atom is -0.491 e. The van der Waals surface area contributed by atoms with Crippen LogP contribution in [0.5, 0.6) is 5.75 Å². The lowest BCUT2D eigenvalue weighted by atomic mass is 10.1. The summed E-state index contributed by atoms with van der Waals surface area (Å²) in [5.74, 6) is 0.918. The Morgan fingerprint density at radius 2 is 2.00 bits per heavy atom. The van der Waals surface area contributed by atoms with E-state index in [-0.39, 0.29) is 6.10 Å². The Morgan fingerprint density at radius 1 is 1.19 bits per heavy atom. The Kier molecular flexibility index (Phi) is 5.68. The summed E-state index contributed by atoms with van der Waals surface area (Å²) in [5.41, 5.74) is 3.60. The number of nitrogens with one attached hydrogen (secondary N) is 1. The summed E-state index contributed by atoms with van der Waals surface area (Å²) in [7, 11) is 0. The third kappa shape index (κ3) is 4.78. The van der Waals surface area contributed by atoms with Crippen molar-refractivity contribution in [3.63, 3.8) is 0 Å². The van der Waals surface area contributed by atoms with E-state index in [1.54, 1.807) is 0 Å². The molecule has 0 saturated carbocycles. The molecule has 0 amide bonds. The van der Waals surface area contributed by atoms with Crippen LogP contribution in [0.3, 0.4) is 0 Å². The molecule has 0 spiro atoms. The van der Waals surface area contributed by atoms with Crippen LogP contribution in [0.4, 0.5) is 5.69 Å². The van der Waals surface area contributed by atoms with E-state index >= 15 is 0 Å². The summed E-state index contributed by atoms with van der Waals surface area (Å²) in [5, 5.41) is 3.44. The second kappa shape index (κ2) is 7.51. The van der Waals surface area contributed by atoms with Gasteiger partial charge in [0.2, 0.25) is 0 Å². The number of hydrogen-bond acceptors (Lipinski definition) is 2. The predicted octanol–water partition coefficient (Wildman–Crippen LogP) is 5.55. The minimum atomic E-state index is 0.245. The lowest BCUT2D eigenvalue weighted by molar-refractivity contribution is 0.217. The van der Waals surface area contributed by atoms with Gasteiger partial charge in [-0.15, -0.1) is 0 Å². The lowest BCUT2D eigenvalue weighted by Crippen LogP contribution is -2.09. The van der Waals surface area contributed by atoms with Crippen molar-refractivity contribution in [3.05, 3.63) is 58.1 Å². The van der Waals surface area contributed by atoms with Gasteiger partial charge in [-0.1, -0.05) is 41.1 Å². The third-order valence-electron chi connectivity index (χ3n) is 3.47. The van der Waals surface area contributed by atoms with Crippen molar-refractivity contribution in [2.45, 2.75) is 39.8 Å². The van der Waals surface area contributed by atoms with Gasteiger partial charge in [0.1, 0.15) is 5.75 Å². The van der Waals surface area contributed by atoms with Crippen LogP contribution < -0.4 is 10.1 Å². The molecule has 1 N–H and O–H groups in total. The van der Waals surface area contributed by atoms with Gasteiger partial charge in [-0.25, -0.2) is 0 Å². The van der Waals surface area contributed by atoms with Crippen LogP contribution in [0.1, 0.15) is 31.4 Å². The van der Waals surface area contributed by atoms with Crippen LogP contribution in [0.25, 0.3) is 0 Å². The van der Waals surface area contributed by atoms with E-state index in [9.17, 15) is 0 Å². The number of halogens is 1. The number of anilines is 1. The number of aryl methyl sites for hydroxylation is 1. The van der Waals surface area contributed by atoms with Crippen LogP contribution in [-0.4, -0.2) is 6.10 Å². The summed E-state index contributed by atoms with van der Waals surface area (Å²) in [6, 6.07) is 14.6. The smallest absolute Gasteiger partial charge is 0.121 e. The first-order chi connectivity index (χ1) is 10.1. The van der Waals surface area contributed by atoms with Crippen molar-refractivity contribution >= 4 is 21.6 Å². The lowest BCUT2D eigenvalue weighted by Gasteiger charge is -2.14. The molecule has 2 nitrogen and oxygen atoms in total. The predicted molar refractivity (Wildman–Crippen MR) is 93.0 cm³/mol. The highest BCUT2D eigenvalue weighted by Crippen LogP contribution is 2.21. The molecule has 0 radical (unpaired) electrons. The molecule has 112 valence electrons. The van der Waals surface area contributed by atoms with E-state index in [0.717, 1.165) is 28.9 Å².